The van der Waals surface area contributed by atoms with E-state index in [4.69, 9.17) is 6.42 Å². The topological polar surface area (TPSA) is 12.9 Å². The molecule has 1 nitrogen and oxygen atoms in total. The third-order valence-corrected chi connectivity index (χ3v) is 2.59. The Labute approximate surface area is 89.6 Å². The molecule has 14 heavy (non-hydrogen) atoms. The SMILES string of the molecule is C#Cc1cc(C(C)C)ncc1SC=C. The van der Waals surface area contributed by atoms with Gasteiger partial charge in [0, 0.05) is 22.3 Å². The molecule has 0 N–H and O–H groups in total. The van der Waals surface area contributed by atoms with Crippen LogP contribution in [0.3, 0.4) is 0 Å². The van der Waals surface area contributed by atoms with E-state index in [1.807, 2.05) is 12.3 Å². The Hall–Kier alpha value is -1.20. The van der Waals surface area contributed by atoms with Crippen molar-refractivity contribution in [1.82, 2.24) is 4.98 Å². The van der Waals surface area contributed by atoms with Gasteiger partial charge < -0.3 is 0 Å². The van der Waals surface area contributed by atoms with Crippen LogP contribution in [0.15, 0.2) is 29.1 Å². The van der Waals surface area contributed by atoms with Crippen LogP contribution in [0.4, 0.5) is 0 Å². The van der Waals surface area contributed by atoms with Crippen molar-refractivity contribution in [1.29, 1.82) is 0 Å². The molecule has 1 aromatic rings. The van der Waals surface area contributed by atoms with E-state index in [1.54, 1.807) is 5.41 Å². The van der Waals surface area contributed by atoms with E-state index in [9.17, 15) is 0 Å². The summed E-state index contributed by atoms with van der Waals surface area (Å²) in [6.45, 7) is 7.86. The molecule has 0 amide bonds. The minimum atomic E-state index is 0.407. The molecule has 1 aromatic heterocycles. The van der Waals surface area contributed by atoms with Crippen molar-refractivity contribution in [3.63, 3.8) is 0 Å². The van der Waals surface area contributed by atoms with E-state index in [0.29, 0.717) is 5.92 Å². The number of thioether (sulfide) groups is 1. The zero-order chi connectivity index (χ0) is 10.6. The van der Waals surface area contributed by atoms with Gasteiger partial charge in [-0.25, -0.2) is 0 Å². The van der Waals surface area contributed by atoms with E-state index >= 15 is 0 Å². The molecule has 0 saturated carbocycles. The molecule has 0 spiro atoms. The molecule has 0 aliphatic heterocycles. The molecule has 72 valence electrons. The lowest BCUT2D eigenvalue weighted by Crippen LogP contribution is -1.94. The van der Waals surface area contributed by atoms with Crippen LogP contribution in [0.2, 0.25) is 0 Å². The van der Waals surface area contributed by atoms with Crippen LogP contribution < -0.4 is 0 Å². The Morgan fingerprint density at radius 2 is 2.36 bits per heavy atom. The fourth-order valence-electron chi connectivity index (χ4n) is 1.07. The summed E-state index contributed by atoms with van der Waals surface area (Å²) in [7, 11) is 0. The second kappa shape index (κ2) is 4.88. The Kier molecular flexibility index (Phi) is 3.79. The highest BCUT2D eigenvalue weighted by Gasteiger charge is 2.05. The number of pyridine rings is 1. The number of rotatable bonds is 3. The molecule has 0 unspecified atom stereocenters. The van der Waals surface area contributed by atoms with Gasteiger partial charge in [0.25, 0.3) is 0 Å². The zero-order valence-corrected chi connectivity index (χ0v) is 9.27. The van der Waals surface area contributed by atoms with Gasteiger partial charge in [-0.2, -0.15) is 0 Å². The summed E-state index contributed by atoms with van der Waals surface area (Å²) >= 11 is 1.51. The number of terminal acetylenes is 1. The van der Waals surface area contributed by atoms with E-state index in [-0.39, 0.29) is 0 Å². The molecular weight excluding hydrogens is 190 g/mol. The van der Waals surface area contributed by atoms with Crippen LogP contribution in [0.1, 0.15) is 31.0 Å². The number of nitrogens with zero attached hydrogens (tertiary/aromatic N) is 1. The van der Waals surface area contributed by atoms with Crippen LogP contribution in [0.5, 0.6) is 0 Å². The second-order valence-corrected chi connectivity index (χ2v) is 4.20. The molecule has 0 aromatic carbocycles. The average Bonchev–Trinajstić information content (AvgIpc) is 2.18. The van der Waals surface area contributed by atoms with Crippen molar-refractivity contribution in [2.45, 2.75) is 24.7 Å². The molecule has 0 radical (unpaired) electrons. The number of hydrogen-bond donors (Lipinski definition) is 0. The van der Waals surface area contributed by atoms with Gasteiger partial charge in [-0.15, -0.1) is 6.42 Å². The summed E-state index contributed by atoms with van der Waals surface area (Å²) in [5, 5.41) is 1.76. The summed E-state index contributed by atoms with van der Waals surface area (Å²) in [4.78, 5) is 5.33. The monoisotopic (exact) mass is 203 g/mol. The molecule has 0 bridgehead atoms. The third kappa shape index (κ3) is 2.40. The van der Waals surface area contributed by atoms with Crippen LogP contribution in [0.25, 0.3) is 0 Å². The normalized spacial score (nSPS) is 9.86. The number of aromatic nitrogens is 1. The van der Waals surface area contributed by atoms with Gasteiger partial charge in [-0.3, -0.25) is 4.98 Å². The van der Waals surface area contributed by atoms with Gasteiger partial charge >= 0.3 is 0 Å². The standard InChI is InChI=1S/C12H13NS/c1-5-10-7-11(9(3)4)13-8-12(10)14-6-2/h1,6-9H,2H2,3-4H3. The second-order valence-electron chi connectivity index (χ2n) is 3.19. The van der Waals surface area contributed by atoms with Crippen molar-refractivity contribution in [2.75, 3.05) is 0 Å². The predicted molar refractivity (Wildman–Crippen MR) is 62.3 cm³/mol. The fraction of sp³-hybridized carbons (Fsp3) is 0.250. The maximum atomic E-state index is 5.42. The van der Waals surface area contributed by atoms with E-state index in [2.05, 4.69) is 31.3 Å². The van der Waals surface area contributed by atoms with Gasteiger partial charge in [0.05, 0.1) is 0 Å². The van der Waals surface area contributed by atoms with Gasteiger partial charge in [0.1, 0.15) is 0 Å². The minimum Gasteiger partial charge on any atom is -0.260 e. The van der Waals surface area contributed by atoms with Crippen LogP contribution in [-0.2, 0) is 0 Å². The maximum Gasteiger partial charge on any atom is 0.0456 e. The van der Waals surface area contributed by atoms with Gasteiger partial charge in [0.15, 0.2) is 0 Å². The minimum absolute atomic E-state index is 0.407. The van der Waals surface area contributed by atoms with Gasteiger partial charge in [-0.1, -0.05) is 38.1 Å². The quantitative estimate of drug-likeness (QED) is 0.551. The lowest BCUT2D eigenvalue weighted by atomic mass is 10.1. The maximum absolute atomic E-state index is 5.42. The lowest BCUT2D eigenvalue weighted by molar-refractivity contribution is 0.817. The molecule has 0 fully saturated rings. The first-order valence-electron chi connectivity index (χ1n) is 4.43. The molecule has 0 saturated heterocycles. The molecule has 1 rings (SSSR count). The van der Waals surface area contributed by atoms with Crippen LogP contribution in [-0.4, -0.2) is 4.98 Å². The number of hydrogen-bond acceptors (Lipinski definition) is 2. The average molecular weight is 203 g/mol. The van der Waals surface area contributed by atoms with Crippen molar-refractivity contribution in [3.05, 3.63) is 35.5 Å². The van der Waals surface area contributed by atoms with E-state index < -0.39 is 0 Å². The Morgan fingerprint density at radius 3 is 2.86 bits per heavy atom. The molecule has 0 atom stereocenters. The van der Waals surface area contributed by atoms with Gasteiger partial charge in [0.2, 0.25) is 0 Å². The Bertz CT molecular complexity index is 374. The largest absolute Gasteiger partial charge is 0.260 e. The Morgan fingerprint density at radius 1 is 1.64 bits per heavy atom. The summed E-state index contributed by atoms with van der Waals surface area (Å²) in [5.74, 6) is 3.07. The highest BCUT2D eigenvalue weighted by Crippen LogP contribution is 2.24. The predicted octanol–water partition coefficient (Wildman–Crippen LogP) is 3.42. The fourth-order valence-corrected chi connectivity index (χ4v) is 1.61. The van der Waals surface area contributed by atoms with E-state index in [0.717, 1.165) is 16.2 Å². The van der Waals surface area contributed by atoms with E-state index in [1.165, 1.54) is 11.8 Å². The highest BCUT2D eigenvalue weighted by atomic mass is 32.2. The molecule has 2 heteroatoms. The summed E-state index contributed by atoms with van der Waals surface area (Å²) in [5.41, 5.74) is 1.93. The van der Waals surface area contributed by atoms with Crippen LogP contribution in [0, 0.1) is 12.3 Å². The first kappa shape index (κ1) is 10.9. The summed E-state index contributed by atoms with van der Waals surface area (Å²) in [6.07, 6.45) is 7.24. The van der Waals surface area contributed by atoms with Crippen molar-refractivity contribution in [2.24, 2.45) is 0 Å². The first-order valence-corrected chi connectivity index (χ1v) is 5.31. The summed E-state index contributed by atoms with van der Waals surface area (Å²) < 4.78 is 0. The molecule has 0 aliphatic rings. The van der Waals surface area contributed by atoms with Crippen molar-refractivity contribution < 1.29 is 0 Å². The van der Waals surface area contributed by atoms with Crippen molar-refractivity contribution in [3.8, 4) is 12.3 Å². The Balaban J connectivity index is 3.12. The summed E-state index contributed by atoms with van der Waals surface area (Å²) in [6, 6.07) is 1.97. The highest BCUT2D eigenvalue weighted by molar-refractivity contribution is 8.02. The zero-order valence-electron chi connectivity index (χ0n) is 8.45. The smallest absolute Gasteiger partial charge is 0.0456 e. The lowest BCUT2D eigenvalue weighted by Gasteiger charge is -2.07. The molecule has 1 heterocycles. The molecule has 0 aliphatic carbocycles. The van der Waals surface area contributed by atoms with Crippen LogP contribution >= 0.6 is 11.8 Å². The third-order valence-electron chi connectivity index (χ3n) is 1.85. The molecular formula is C12H13NS. The van der Waals surface area contributed by atoms with Crippen molar-refractivity contribution >= 4 is 11.8 Å². The first-order chi connectivity index (χ1) is 6.69. The van der Waals surface area contributed by atoms with Gasteiger partial charge in [-0.05, 0) is 17.4 Å².